The number of aryl methyl sites for hydroxylation is 1. The maximum Gasteiger partial charge on any atom is 0.234 e. The summed E-state index contributed by atoms with van der Waals surface area (Å²) in [6, 6.07) is 10.2. The normalized spacial score (nSPS) is 13.1. The van der Waals surface area contributed by atoms with Gasteiger partial charge in [-0.15, -0.1) is 10.2 Å². The molecule has 2 aromatic heterocycles. The molecule has 110 valence electrons. The molecular weight excluding hydrogens is 282 g/mol. The van der Waals surface area contributed by atoms with Gasteiger partial charge >= 0.3 is 0 Å². The molecule has 3 aromatic rings. The zero-order chi connectivity index (χ0) is 14.8. The molecule has 0 aliphatic carbocycles. The number of rotatable bonds is 5. The Morgan fingerprint density at radius 1 is 1.19 bits per heavy atom. The third kappa shape index (κ3) is 2.96. The summed E-state index contributed by atoms with van der Waals surface area (Å²) in [4.78, 5) is 0.863. The highest BCUT2D eigenvalue weighted by Crippen LogP contribution is 2.22. The Kier molecular flexibility index (Phi) is 3.98. The summed E-state index contributed by atoms with van der Waals surface area (Å²) in [5, 5.41) is 14.0. The van der Waals surface area contributed by atoms with E-state index < -0.39 is 0 Å². The van der Waals surface area contributed by atoms with Crippen LogP contribution in [-0.2, 0) is 6.42 Å². The van der Waals surface area contributed by atoms with Crippen molar-refractivity contribution in [2.45, 2.75) is 38.6 Å². The molecule has 1 aromatic carbocycles. The third-order valence-corrected chi connectivity index (χ3v) is 4.43. The van der Waals surface area contributed by atoms with Gasteiger partial charge < -0.3 is 5.73 Å². The Labute approximate surface area is 127 Å². The molecule has 6 heteroatoms. The highest BCUT2D eigenvalue weighted by atomic mass is 32.1. The topological polar surface area (TPSA) is 69.1 Å². The summed E-state index contributed by atoms with van der Waals surface area (Å²) >= 11 is 1.60. The smallest absolute Gasteiger partial charge is 0.234 e. The lowest BCUT2D eigenvalue weighted by atomic mass is 10.0. The number of fused-ring (bicyclic) bond motifs is 1. The van der Waals surface area contributed by atoms with Crippen LogP contribution in [-0.4, -0.2) is 19.8 Å². The molecule has 0 aliphatic heterocycles. The van der Waals surface area contributed by atoms with E-state index in [1.165, 1.54) is 5.56 Å². The van der Waals surface area contributed by atoms with Crippen LogP contribution in [0.25, 0.3) is 4.96 Å². The maximum absolute atomic E-state index is 6.23. The van der Waals surface area contributed by atoms with Crippen molar-refractivity contribution in [1.29, 1.82) is 0 Å². The molecular formula is C15H19N5S. The van der Waals surface area contributed by atoms with Gasteiger partial charge in [0.25, 0.3) is 0 Å². The molecule has 0 aliphatic rings. The number of hydrogen-bond donors (Lipinski definition) is 1. The van der Waals surface area contributed by atoms with E-state index in [4.69, 9.17) is 5.73 Å². The second-order valence-electron chi connectivity index (χ2n) is 5.46. The van der Waals surface area contributed by atoms with Gasteiger partial charge in [0.2, 0.25) is 4.96 Å². The number of hydrogen-bond acceptors (Lipinski definition) is 5. The van der Waals surface area contributed by atoms with Crippen LogP contribution in [0.15, 0.2) is 30.3 Å². The van der Waals surface area contributed by atoms with Crippen LogP contribution in [0.3, 0.4) is 0 Å². The van der Waals surface area contributed by atoms with Crippen LogP contribution in [0.2, 0.25) is 0 Å². The standard InChI is InChI=1S/C15H19N5S/c1-10(2)14-17-18-15-20(14)19-13(21-15)9-8-12(16)11-6-4-3-5-7-11/h3-7,10,12H,8-9,16H2,1-2H3. The minimum absolute atomic E-state index is 0.0464. The fourth-order valence-electron chi connectivity index (χ4n) is 2.28. The predicted molar refractivity (Wildman–Crippen MR) is 84.4 cm³/mol. The van der Waals surface area contributed by atoms with Crippen molar-refractivity contribution in [2.24, 2.45) is 5.73 Å². The van der Waals surface area contributed by atoms with E-state index in [0.717, 1.165) is 28.6 Å². The van der Waals surface area contributed by atoms with Crippen molar-refractivity contribution >= 4 is 16.3 Å². The molecule has 0 saturated heterocycles. The first-order chi connectivity index (χ1) is 10.1. The van der Waals surface area contributed by atoms with Gasteiger partial charge in [-0.25, -0.2) is 0 Å². The second kappa shape index (κ2) is 5.91. The minimum Gasteiger partial charge on any atom is -0.324 e. The average Bonchev–Trinajstić information content (AvgIpc) is 3.05. The molecule has 0 saturated carbocycles. The maximum atomic E-state index is 6.23. The van der Waals surface area contributed by atoms with Gasteiger partial charge in [-0.3, -0.25) is 0 Å². The van der Waals surface area contributed by atoms with E-state index in [2.05, 4.69) is 41.3 Å². The lowest BCUT2D eigenvalue weighted by Crippen LogP contribution is -2.11. The molecule has 0 radical (unpaired) electrons. The lowest BCUT2D eigenvalue weighted by Gasteiger charge is -2.10. The van der Waals surface area contributed by atoms with Crippen LogP contribution in [0.1, 0.15) is 48.6 Å². The molecule has 0 fully saturated rings. The molecule has 21 heavy (non-hydrogen) atoms. The molecule has 1 unspecified atom stereocenters. The summed E-state index contributed by atoms with van der Waals surface area (Å²) in [7, 11) is 0. The van der Waals surface area contributed by atoms with E-state index in [9.17, 15) is 0 Å². The first-order valence-corrected chi connectivity index (χ1v) is 7.98. The SMILES string of the molecule is CC(C)c1nnc2sc(CCC(N)c3ccccc3)nn12. The Hall–Kier alpha value is -1.79. The second-order valence-corrected chi connectivity index (χ2v) is 6.50. The van der Waals surface area contributed by atoms with E-state index in [0.29, 0.717) is 5.92 Å². The molecule has 3 rings (SSSR count). The zero-order valence-corrected chi connectivity index (χ0v) is 13.0. The molecule has 0 bridgehead atoms. The van der Waals surface area contributed by atoms with Gasteiger partial charge in [-0.1, -0.05) is 55.5 Å². The van der Waals surface area contributed by atoms with Gasteiger partial charge in [-0.05, 0) is 12.0 Å². The van der Waals surface area contributed by atoms with Crippen molar-refractivity contribution in [2.75, 3.05) is 0 Å². The molecule has 1 atom stereocenters. The van der Waals surface area contributed by atoms with E-state index in [1.807, 2.05) is 22.7 Å². The van der Waals surface area contributed by atoms with Crippen molar-refractivity contribution in [3.63, 3.8) is 0 Å². The zero-order valence-electron chi connectivity index (χ0n) is 12.2. The number of aromatic nitrogens is 4. The number of benzene rings is 1. The summed E-state index contributed by atoms with van der Waals surface area (Å²) in [6.07, 6.45) is 1.74. The van der Waals surface area contributed by atoms with E-state index in [-0.39, 0.29) is 6.04 Å². The quantitative estimate of drug-likeness (QED) is 0.786. The summed E-state index contributed by atoms with van der Waals surface area (Å²) < 4.78 is 1.86. The van der Waals surface area contributed by atoms with Crippen LogP contribution in [0.4, 0.5) is 0 Å². The number of nitrogens with two attached hydrogens (primary N) is 1. The average molecular weight is 301 g/mol. The molecule has 5 nitrogen and oxygen atoms in total. The van der Waals surface area contributed by atoms with E-state index in [1.54, 1.807) is 11.3 Å². The summed E-state index contributed by atoms with van der Waals surface area (Å²) in [6.45, 7) is 4.20. The van der Waals surface area contributed by atoms with Crippen LogP contribution in [0, 0.1) is 0 Å². The summed E-state index contributed by atoms with van der Waals surface area (Å²) in [5.41, 5.74) is 7.40. The first-order valence-electron chi connectivity index (χ1n) is 7.16. The third-order valence-electron chi connectivity index (χ3n) is 3.47. The lowest BCUT2D eigenvalue weighted by molar-refractivity contribution is 0.640. The molecule has 2 N–H and O–H groups in total. The monoisotopic (exact) mass is 301 g/mol. The summed E-state index contributed by atoms with van der Waals surface area (Å²) in [5.74, 6) is 1.24. The molecule has 0 spiro atoms. The Bertz CT molecular complexity index is 716. The van der Waals surface area contributed by atoms with Gasteiger partial charge in [0, 0.05) is 18.4 Å². The van der Waals surface area contributed by atoms with Crippen LogP contribution < -0.4 is 5.73 Å². The highest BCUT2D eigenvalue weighted by molar-refractivity contribution is 7.16. The highest BCUT2D eigenvalue weighted by Gasteiger charge is 2.15. The van der Waals surface area contributed by atoms with Crippen LogP contribution in [0.5, 0.6) is 0 Å². The van der Waals surface area contributed by atoms with Crippen molar-refractivity contribution < 1.29 is 0 Å². The largest absolute Gasteiger partial charge is 0.324 e. The minimum atomic E-state index is 0.0464. The molecule has 2 heterocycles. The molecule has 0 amide bonds. The van der Waals surface area contributed by atoms with Gasteiger partial charge in [0.15, 0.2) is 5.82 Å². The predicted octanol–water partition coefficient (Wildman–Crippen LogP) is 2.94. The van der Waals surface area contributed by atoms with Gasteiger partial charge in [-0.2, -0.15) is 9.61 Å². The Morgan fingerprint density at radius 2 is 1.95 bits per heavy atom. The Morgan fingerprint density at radius 3 is 2.67 bits per heavy atom. The van der Waals surface area contributed by atoms with Crippen LogP contribution >= 0.6 is 11.3 Å². The Balaban J connectivity index is 1.71. The first kappa shape index (κ1) is 14.2. The van der Waals surface area contributed by atoms with Gasteiger partial charge in [0.05, 0.1) is 0 Å². The van der Waals surface area contributed by atoms with Gasteiger partial charge in [0.1, 0.15) is 5.01 Å². The van der Waals surface area contributed by atoms with Crippen molar-refractivity contribution in [3.05, 3.63) is 46.7 Å². The number of nitrogens with zero attached hydrogens (tertiary/aromatic N) is 4. The fourth-order valence-corrected chi connectivity index (χ4v) is 3.13. The van der Waals surface area contributed by atoms with Crippen molar-refractivity contribution in [1.82, 2.24) is 19.8 Å². The van der Waals surface area contributed by atoms with Crippen molar-refractivity contribution in [3.8, 4) is 0 Å². The fraction of sp³-hybridized carbons (Fsp3) is 0.400. The van der Waals surface area contributed by atoms with E-state index >= 15 is 0 Å².